The quantitative estimate of drug-likeness (QED) is 0.126. The number of anilines is 1. The highest BCUT2D eigenvalue weighted by molar-refractivity contribution is 8.00. The van der Waals surface area contributed by atoms with E-state index in [0.717, 1.165) is 36.3 Å². The van der Waals surface area contributed by atoms with E-state index in [4.69, 9.17) is 5.73 Å². The minimum atomic E-state index is -1.68. The summed E-state index contributed by atoms with van der Waals surface area (Å²) < 4.78 is 5.47. The first-order valence-electron chi connectivity index (χ1n) is 10.8. The number of amides is 1. The molecule has 4 rings (SSSR count). The standard InChI is InChI=1S/C20H22N8O7S2/c21-20-25-14(27-37-20)12(26-35)15(29)23-13(19(33)34)16-24-11(18(31)32)9(7-36-16)5-8-2-4-28(17(8)30)10-1-3-22-6-10/h2,4-5,10,13,16,22,30,35H,1,3,6-7H2,(H,23,29)(H,31,32)(H,33,34)(H2,21,25,27)/b9-5+,26-12-/t10-,13+,16-/m1/s1. The van der Waals surface area contributed by atoms with Crippen LogP contribution in [0.1, 0.15) is 23.9 Å². The molecule has 2 aliphatic rings. The lowest BCUT2D eigenvalue weighted by Crippen LogP contribution is -2.50. The SMILES string of the molecule is Nc1nc(/C(=N/O)C(=O)N[C@H](C(=O)O)[C@@H]2N=C(C(=O)O)/C(=C/c3ccn([C@@H]4CCNC4)c3O)CS2)ns1. The maximum absolute atomic E-state index is 12.6. The fraction of sp³-hybridized carbons (Fsp3) is 0.350. The molecule has 2 aromatic rings. The number of nitrogens with two attached hydrogens (primary N) is 1. The van der Waals surface area contributed by atoms with E-state index in [0.29, 0.717) is 12.1 Å². The highest BCUT2D eigenvalue weighted by Gasteiger charge is 2.36. The van der Waals surface area contributed by atoms with Crippen molar-refractivity contribution in [2.24, 2.45) is 10.1 Å². The molecular formula is C20H22N8O7S2. The lowest BCUT2D eigenvalue weighted by molar-refractivity contribution is -0.141. The van der Waals surface area contributed by atoms with Crippen molar-refractivity contribution in [3.8, 4) is 5.88 Å². The topological polar surface area (TPSA) is 238 Å². The molecule has 196 valence electrons. The molecule has 1 saturated heterocycles. The number of nitrogens with zero attached hydrogens (tertiary/aromatic N) is 5. The zero-order valence-electron chi connectivity index (χ0n) is 18.9. The first-order valence-corrected chi connectivity index (χ1v) is 12.6. The van der Waals surface area contributed by atoms with Crippen molar-refractivity contribution in [1.29, 1.82) is 0 Å². The number of carbonyl (C=O) groups excluding carboxylic acids is 1. The number of hydrogen-bond acceptors (Lipinski definition) is 13. The Kier molecular flexibility index (Phi) is 7.74. The monoisotopic (exact) mass is 550 g/mol. The van der Waals surface area contributed by atoms with Gasteiger partial charge in [0.05, 0.1) is 6.04 Å². The smallest absolute Gasteiger partial charge is 0.354 e. The molecule has 1 fully saturated rings. The van der Waals surface area contributed by atoms with Gasteiger partial charge in [0.1, 0.15) is 11.1 Å². The number of nitrogens with one attached hydrogen (secondary N) is 2. The van der Waals surface area contributed by atoms with E-state index in [-0.39, 0.29) is 34.2 Å². The second-order valence-electron chi connectivity index (χ2n) is 8.00. The number of aliphatic carboxylic acids is 2. The van der Waals surface area contributed by atoms with Gasteiger partial charge >= 0.3 is 11.9 Å². The van der Waals surface area contributed by atoms with Crippen LogP contribution in [0.2, 0.25) is 0 Å². The fourth-order valence-electron chi connectivity index (χ4n) is 3.88. The Morgan fingerprint density at radius 1 is 1.35 bits per heavy atom. The Labute approximate surface area is 217 Å². The molecular weight excluding hydrogens is 528 g/mol. The Morgan fingerprint density at radius 2 is 2.14 bits per heavy atom. The molecule has 2 aromatic heterocycles. The van der Waals surface area contributed by atoms with Crippen LogP contribution in [0.4, 0.5) is 5.13 Å². The lowest BCUT2D eigenvalue weighted by Gasteiger charge is -2.26. The number of carbonyl (C=O) groups is 3. The Balaban J connectivity index is 1.57. The van der Waals surface area contributed by atoms with Gasteiger partial charge in [-0.25, -0.2) is 9.59 Å². The molecule has 3 atom stereocenters. The van der Waals surface area contributed by atoms with Gasteiger partial charge in [-0.15, -0.1) is 11.8 Å². The number of rotatable bonds is 8. The number of carboxylic acid groups (broad SMARTS) is 2. The molecule has 0 spiro atoms. The van der Waals surface area contributed by atoms with Gasteiger partial charge in [0, 0.05) is 35.6 Å². The molecule has 0 bridgehead atoms. The van der Waals surface area contributed by atoms with Crippen molar-refractivity contribution >= 4 is 63.8 Å². The maximum Gasteiger partial charge on any atom is 0.354 e. The number of aromatic nitrogens is 3. The van der Waals surface area contributed by atoms with Gasteiger partial charge in [0.25, 0.3) is 5.91 Å². The normalized spacial score (nSPS) is 22.0. The van der Waals surface area contributed by atoms with Gasteiger partial charge in [0.15, 0.2) is 17.1 Å². The van der Waals surface area contributed by atoms with E-state index in [9.17, 15) is 34.9 Å². The summed E-state index contributed by atoms with van der Waals surface area (Å²) in [5.74, 6) is -4.28. The summed E-state index contributed by atoms with van der Waals surface area (Å²) in [4.78, 5) is 44.4. The zero-order valence-corrected chi connectivity index (χ0v) is 20.6. The maximum atomic E-state index is 12.6. The molecule has 2 aliphatic heterocycles. The molecule has 1 amide bonds. The summed E-state index contributed by atoms with van der Waals surface area (Å²) in [5.41, 5.74) is 5.07. The number of aromatic hydroxyl groups is 1. The largest absolute Gasteiger partial charge is 0.494 e. The molecule has 0 unspecified atom stereocenters. The third-order valence-electron chi connectivity index (χ3n) is 5.65. The average Bonchev–Trinajstić information content (AvgIpc) is 3.61. The second-order valence-corrected chi connectivity index (χ2v) is 9.89. The van der Waals surface area contributed by atoms with Gasteiger partial charge < -0.3 is 41.5 Å². The predicted molar refractivity (Wildman–Crippen MR) is 134 cm³/mol. The third-order valence-corrected chi connectivity index (χ3v) is 7.39. The molecule has 4 heterocycles. The predicted octanol–water partition coefficient (Wildman–Crippen LogP) is -0.408. The van der Waals surface area contributed by atoms with Crippen LogP contribution in [-0.2, 0) is 14.4 Å². The van der Waals surface area contributed by atoms with Crippen LogP contribution in [0.15, 0.2) is 28.0 Å². The minimum Gasteiger partial charge on any atom is -0.494 e. The van der Waals surface area contributed by atoms with Crippen LogP contribution in [0.5, 0.6) is 5.88 Å². The van der Waals surface area contributed by atoms with Gasteiger partial charge in [0.2, 0.25) is 11.5 Å². The van der Waals surface area contributed by atoms with Crippen LogP contribution in [0.25, 0.3) is 6.08 Å². The van der Waals surface area contributed by atoms with Crippen molar-refractivity contribution in [2.75, 3.05) is 24.6 Å². The molecule has 0 saturated carbocycles. The minimum absolute atomic E-state index is 0.00197. The second kappa shape index (κ2) is 11.0. The van der Waals surface area contributed by atoms with Gasteiger partial charge in [-0.05, 0) is 30.7 Å². The first kappa shape index (κ1) is 26.1. The fourth-order valence-corrected chi connectivity index (χ4v) is 5.44. The van der Waals surface area contributed by atoms with E-state index >= 15 is 0 Å². The lowest BCUT2D eigenvalue weighted by atomic mass is 10.1. The van der Waals surface area contributed by atoms with Crippen molar-refractivity contribution < 1.29 is 34.9 Å². The van der Waals surface area contributed by atoms with E-state index < -0.39 is 40.7 Å². The number of nitrogen functional groups attached to an aromatic ring is 1. The third kappa shape index (κ3) is 5.57. The number of thioether (sulfide) groups is 1. The molecule has 15 nitrogen and oxygen atoms in total. The summed E-state index contributed by atoms with van der Waals surface area (Å²) in [6, 6.07) is 0.0604. The van der Waals surface area contributed by atoms with E-state index in [1.54, 1.807) is 16.8 Å². The number of aliphatic imine (C=N–C) groups is 1. The summed E-state index contributed by atoms with van der Waals surface area (Å²) in [6.45, 7) is 1.53. The Bertz CT molecular complexity index is 1310. The van der Waals surface area contributed by atoms with E-state index in [1.807, 2.05) is 0 Å². The van der Waals surface area contributed by atoms with Gasteiger partial charge in [-0.2, -0.15) is 9.36 Å². The van der Waals surface area contributed by atoms with Gasteiger partial charge in [-0.3, -0.25) is 9.79 Å². The number of hydrogen-bond donors (Lipinski definition) is 7. The van der Waals surface area contributed by atoms with Crippen LogP contribution < -0.4 is 16.4 Å². The van der Waals surface area contributed by atoms with Crippen LogP contribution in [0.3, 0.4) is 0 Å². The molecule has 8 N–H and O–H groups in total. The molecule has 0 aromatic carbocycles. The summed E-state index contributed by atoms with van der Waals surface area (Å²) >= 11 is 1.72. The molecule has 37 heavy (non-hydrogen) atoms. The van der Waals surface area contributed by atoms with Crippen molar-refractivity contribution in [1.82, 2.24) is 24.6 Å². The summed E-state index contributed by atoms with van der Waals surface area (Å²) in [5, 5.41) is 46.4. The molecule has 17 heteroatoms. The van der Waals surface area contributed by atoms with E-state index in [2.05, 4.69) is 30.1 Å². The number of carboxylic acids is 2. The summed E-state index contributed by atoms with van der Waals surface area (Å²) in [6.07, 6.45) is 4.05. The van der Waals surface area contributed by atoms with Crippen molar-refractivity contribution in [3.05, 3.63) is 29.2 Å². The highest BCUT2D eigenvalue weighted by Crippen LogP contribution is 2.32. The van der Waals surface area contributed by atoms with Crippen LogP contribution in [0, 0.1) is 0 Å². The van der Waals surface area contributed by atoms with Gasteiger partial charge in [-0.1, -0.05) is 5.16 Å². The highest BCUT2D eigenvalue weighted by atomic mass is 32.2. The molecule has 0 aliphatic carbocycles. The summed E-state index contributed by atoms with van der Waals surface area (Å²) in [7, 11) is 0. The first-order chi connectivity index (χ1) is 17.7. The van der Waals surface area contributed by atoms with Crippen molar-refractivity contribution in [2.45, 2.75) is 23.9 Å². The van der Waals surface area contributed by atoms with Crippen LogP contribution >= 0.6 is 23.3 Å². The van der Waals surface area contributed by atoms with Crippen LogP contribution in [-0.4, -0.2) is 94.0 Å². The average molecular weight is 551 g/mol. The molecule has 0 radical (unpaired) electrons. The number of oxime groups is 1. The van der Waals surface area contributed by atoms with E-state index in [1.165, 1.54) is 6.08 Å². The van der Waals surface area contributed by atoms with Crippen molar-refractivity contribution in [3.63, 3.8) is 0 Å². The Morgan fingerprint density at radius 3 is 2.73 bits per heavy atom. The zero-order chi connectivity index (χ0) is 26.7. The Hall–Kier alpha value is -3.96.